The second-order valence-electron chi connectivity index (χ2n) is 32.6. The van der Waals surface area contributed by atoms with Crippen molar-refractivity contribution in [3.05, 3.63) is 117 Å². The number of allylic oxidation sites excluding steroid dienone is 4. The third kappa shape index (κ3) is 13.6. The molecule has 2 unspecified atom stereocenters. The number of halogens is 3. The van der Waals surface area contributed by atoms with E-state index < -0.39 is 35.9 Å². The van der Waals surface area contributed by atoms with Gasteiger partial charge in [-0.15, -0.1) is 0 Å². The van der Waals surface area contributed by atoms with E-state index >= 15 is 0 Å². The maximum absolute atomic E-state index is 13.7. The summed E-state index contributed by atoms with van der Waals surface area (Å²) in [5, 5.41) is 15.3. The molecular weight excluding hydrogens is 1250 g/mol. The van der Waals surface area contributed by atoms with E-state index in [0.717, 1.165) is 99.1 Å². The van der Waals surface area contributed by atoms with Crippen LogP contribution in [0.1, 0.15) is 182 Å². The summed E-state index contributed by atoms with van der Waals surface area (Å²) in [6.45, 7) is 20.8. The van der Waals surface area contributed by atoms with Crippen LogP contribution in [0.2, 0.25) is 0 Å². The molecule has 5 N–H and O–H groups in total. The van der Waals surface area contributed by atoms with Crippen molar-refractivity contribution in [3.63, 3.8) is 0 Å². The first-order valence-corrected chi connectivity index (χ1v) is 37.6. The Kier molecular flexibility index (Phi) is 20.5. The van der Waals surface area contributed by atoms with Gasteiger partial charge in [-0.25, -0.2) is 9.59 Å². The summed E-state index contributed by atoms with van der Waals surface area (Å²) in [5.74, 6) is 2.54. The highest BCUT2D eigenvalue weighted by molar-refractivity contribution is 5.82. The van der Waals surface area contributed by atoms with Crippen molar-refractivity contribution >= 4 is 29.9 Å². The number of rotatable bonds is 14. The van der Waals surface area contributed by atoms with Crippen LogP contribution in [0.3, 0.4) is 0 Å². The highest BCUT2D eigenvalue weighted by atomic mass is 19.4. The number of likely N-dealkylation sites (tertiary alicyclic amines) is 1. The first-order chi connectivity index (χ1) is 46.9. The van der Waals surface area contributed by atoms with Crippen LogP contribution in [-0.4, -0.2) is 128 Å². The SMILES string of the molecule is CC1=C2C[C@H]3[C@@H](CC=C4C[C@@H](OC(=O)NCCNC(=O)CCc5ccccc5)CC[C@@]43C)[C@@H]2CCC12O[C@@H]1C[C@H](C)CN(C(=O)C(F)(F)F)[C@H]1[C@H]2C.CC1=C2C[C@H]3[C@@H](CC=C4C[C@@H](OC(=O)NCCNC(=O)CCc5ccccc5)CC[C@@]43C)[C@@H]2CCC12O[C@@H]1C[C@H](C)CN[C@H]1[C@H]2C. The number of amides is 5. The second kappa shape index (κ2) is 28.4. The van der Waals surface area contributed by atoms with Gasteiger partial charge in [-0.05, 0) is 204 Å². The lowest BCUT2D eigenvalue weighted by Crippen LogP contribution is -2.57. The zero-order valence-corrected chi connectivity index (χ0v) is 59.3. The molecule has 20 atom stereocenters. The molecule has 0 radical (unpaired) electrons. The molecule has 2 aromatic rings. The smallest absolute Gasteiger partial charge is 0.446 e. The maximum Gasteiger partial charge on any atom is 0.471 e. The standard InChI is InChI=1S/C41H54F3N3O5.C39H55N3O4/c1-24-20-34-36(47(23-24)37(49)41(42,43)44)26(3)40(52-34)17-15-30-31-12-11-28-21-29(14-16-39(28,4)33(31)22-32(30)25(40)2)51-38(50)46-19-18-45-35(48)13-10-27-8-6-5-7-9-27;1-24-20-34-36(42-23-24)26(3)39(46-34)17-15-30-31-12-11-28-21-29(14-16-38(28,4)33(31)22-32(30)25(39)2)45-37(44)41-19-18-40-35(43)13-10-27-8-6-5-7-9-27/h5-9,11,24,26,29-31,33-34,36H,10,12-23H2,1-4H3,(H,45,48)(H,46,50);5-9,11,24,26,29-31,33-34,36,42H,10,12-23H2,1-4H3,(H,40,43)(H,41,44)/t24-,26+,29-,30-,31-,33-,34+,36-,39-,40?;24-,26+,29-,30-,31-,33-,34+,36-,38-,39?/m00/s1. The fourth-order valence-electron chi connectivity index (χ4n) is 22.1. The molecule has 4 aliphatic heterocycles. The Morgan fingerprint density at radius 2 is 1.05 bits per heavy atom. The first-order valence-electron chi connectivity index (χ1n) is 37.6. The molecule has 2 aromatic carbocycles. The number of fused-ring (bicyclic) bond motifs is 12. The summed E-state index contributed by atoms with van der Waals surface area (Å²) in [5.41, 5.74) is 10.5. The van der Waals surface area contributed by atoms with Crippen LogP contribution >= 0.6 is 0 Å². The van der Waals surface area contributed by atoms with Gasteiger partial charge < -0.3 is 50.4 Å². The Hall–Kier alpha value is -5.98. The van der Waals surface area contributed by atoms with Gasteiger partial charge in [0.25, 0.3) is 0 Å². The fraction of sp³-hybridized carbons (Fsp3) is 0.688. The van der Waals surface area contributed by atoms with Crippen molar-refractivity contribution in [2.24, 2.45) is 70.0 Å². The Morgan fingerprint density at radius 3 is 1.54 bits per heavy atom. The molecule has 8 fully saturated rings. The van der Waals surface area contributed by atoms with Crippen LogP contribution in [0.5, 0.6) is 0 Å². The average Bonchev–Trinajstić information content (AvgIpc) is 1.55. The van der Waals surface area contributed by atoms with Gasteiger partial charge in [0, 0.05) is 76.3 Å². The number of piperidine rings is 2. The third-order valence-corrected chi connectivity index (χ3v) is 27.3. The topological polar surface area (TPSA) is 186 Å². The van der Waals surface area contributed by atoms with Crippen molar-refractivity contribution in [1.29, 1.82) is 0 Å². The normalized spacial score (nSPS) is 38.0. The van der Waals surface area contributed by atoms with Gasteiger partial charge >= 0.3 is 24.3 Å². The molecule has 0 aromatic heterocycles. The van der Waals surface area contributed by atoms with Gasteiger partial charge in [0.2, 0.25) is 11.8 Å². The van der Waals surface area contributed by atoms with E-state index in [1.807, 2.05) is 74.5 Å². The number of hydrogen-bond donors (Lipinski definition) is 5. The quantitative estimate of drug-likeness (QED) is 0.0900. The molecular formula is C80H109F3N6O9. The van der Waals surface area contributed by atoms with E-state index in [1.54, 1.807) is 11.1 Å². The highest BCUT2D eigenvalue weighted by Crippen LogP contribution is 2.68. The second-order valence-corrected chi connectivity index (χ2v) is 32.6. The van der Waals surface area contributed by atoms with Gasteiger partial charge in [-0.2, -0.15) is 13.2 Å². The van der Waals surface area contributed by atoms with Crippen LogP contribution in [0.4, 0.5) is 22.8 Å². The van der Waals surface area contributed by atoms with E-state index in [-0.39, 0.29) is 64.9 Å². The number of alkyl carbamates (subject to hydrolysis) is 2. The number of carbonyl (C=O) groups is 5. The number of carbonyl (C=O) groups excluding carboxylic acids is 5. The molecule has 4 heterocycles. The van der Waals surface area contributed by atoms with E-state index in [2.05, 4.69) is 80.3 Å². The van der Waals surface area contributed by atoms with Crippen molar-refractivity contribution in [2.75, 3.05) is 39.3 Å². The van der Waals surface area contributed by atoms with Crippen molar-refractivity contribution in [1.82, 2.24) is 31.5 Å². The lowest BCUT2D eigenvalue weighted by atomic mass is 9.56. The average molecular weight is 1360 g/mol. The molecule has 12 aliphatic rings. The van der Waals surface area contributed by atoms with E-state index in [9.17, 15) is 37.1 Å². The van der Waals surface area contributed by atoms with E-state index in [1.165, 1.54) is 41.6 Å². The number of alkyl halides is 3. The zero-order chi connectivity index (χ0) is 69.1. The fourth-order valence-corrected chi connectivity index (χ4v) is 22.1. The zero-order valence-electron chi connectivity index (χ0n) is 59.3. The predicted octanol–water partition coefficient (Wildman–Crippen LogP) is 13.8. The number of nitrogens with zero attached hydrogens (tertiary/aromatic N) is 1. The highest BCUT2D eigenvalue weighted by Gasteiger charge is 2.65. The van der Waals surface area contributed by atoms with Gasteiger partial charge in [-0.1, -0.05) is 137 Å². The van der Waals surface area contributed by atoms with Crippen LogP contribution < -0.4 is 26.6 Å². The van der Waals surface area contributed by atoms with Crippen LogP contribution in [0, 0.1) is 70.0 Å². The predicted molar refractivity (Wildman–Crippen MR) is 370 cm³/mol. The Morgan fingerprint density at radius 1 is 0.592 bits per heavy atom. The number of benzene rings is 2. The largest absolute Gasteiger partial charge is 0.471 e. The molecule has 14 rings (SSSR count). The summed E-state index contributed by atoms with van der Waals surface area (Å²) in [4.78, 5) is 63.5. The lowest BCUT2D eigenvalue weighted by Gasteiger charge is -2.49. The molecule has 4 saturated carbocycles. The molecule has 18 heteroatoms. The molecule has 534 valence electrons. The van der Waals surface area contributed by atoms with Crippen molar-refractivity contribution in [3.8, 4) is 0 Å². The summed E-state index contributed by atoms with van der Waals surface area (Å²) in [7, 11) is 0. The molecule has 98 heavy (non-hydrogen) atoms. The Balaban J connectivity index is 0.000000178. The van der Waals surface area contributed by atoms with Crippen molar-refractivity contribution < 1.29 is 56.1 Å². The van der Waals surface area contributed by atoms with E-state index in [0.29, 0.717) is 118 Å². The maximum atomic E-state index is 13.7. The molecule has 5 amide bonds. The number of ether oxygens (including phenoxy) is 4. The third-order valence-electron chi connectivity index (χ3n) is 27.3. The summed E-state index contributed by atoms with van der Waals surface area (Å²) in [6, 6.07) is 19.8. The molecule has 2 spiro atoms. The Labute approximate surface area is 579 Å². The van der Waals surface area contributed by atoms with Crippen LogP contribution in [0.25, 0.3) is 0 Å². The van der Waals surface area contributed by atoms with Gasteiger partial charge in [0.1, 0.15) is 12.2 Å². The molecule has 4 saturated heterocycles. The summed E-state index contributed by atoms with van der Waals surface area (Å²) >= 11 is 0. The minimum absolute atomic E-state index is 0.00376. The van der Waals surface area contributed by atoms with Gasteiger partial charge in [0.05, 0.1) is 29.5 Å². The summed E-state index contributed by atoms with van der Waals surface area (Å²) < 4.78 is 66.9. The Bertz CT molecular complexity index is 3430. The van der Waals surface area contributed by atoms with Crippen molar-refractivity contribution in [2.45, 2.75) is 238 Å². The lowest BCUT2D eigenvalue weighted by molar-refractivity contribution is -0.192. The molecule has 15 nitrogen and oxygen atoms in total. The number of nitrogens with one attached hydrogen (secondary N) is 5. The van der Waals surface area contributed by atoms with Crippen LogP contribution in [-0.2, 0) is 46.2 Å². The van der Waals surface area contributed by atoms with E-state index in [4.69, 9.17) is 18.9 Å². The molecule has 8 aliphatic carbocycles. The van der Waals surface area contributed by atoms with Gasteiger partial charge in [-0.3, -0.25) is 14.4 Å². The van der Waals surface area contributed by atoms with Crippen LogP contribution in [0.15, 0.2) is 106 Å². The number of hydrogen-bond acceptors (Lipinski definition) is 10. The molecule has 0 bridgehead atoms. The van der Waals surface area contributed by atoms with Gasteiger partial charge in [0.15, 0.2) is 0 Å². The number of aryl methyl sites for hydroxylation is 2. The summed E-state index contributed by atoms with van der Waals surface area (Å²) in [6.07, 6.45) is 16.5. The first kappa shape index (κ1) is 70.5. The monoisotopic (exact) mass is 1350 g/mol. The minimum Gasteiger partial charge on any atom is -0.446 e. The minimum atomic E-state index is -4.90.